The SMILES string of the molecule is O=c1[nH]c(-c2cc(Cl)ccc2Cl)nc(C2CC2)c1I. The summed E-state index contributed by atoms with van der Waals surface area (Å²) in [5.41, 5.74) is 1.41. The van der Waals surface area contributed by atoms with Gasteiger partial charge in [-0.3, -0.25) is 4.79 Å². The lowest BCUT2D eigenvalue weighted by Crippen LogP contribution is -2.16. The van der Waals surface area contributed by atoms with Gasteiger partial charge in [0.2, 0.25) is 0 Å². The topological polar surface area (TPSA) is 45.8 Å². The zero-order valence-corrected chi connectivity index (χ0v) is 13.4. The van der Waals surface area contributed by atoms with Crippen LogP contribution in [-0.4, -0.2) is 9.97 Å². The highest BCUT2D eigenvalue weighted by atomic mass is 127. The van der Waals surface area contributed by atoms with Crippen molar-refractivity contribution in [1.29, 1.82) is 0 Å². The number of nitrogens with one attached hydrogen (secondary N) is 1. The first kappa shape index (κ1) is 13.4. The number of aromatic amines is 1. The molecule has 1 aliphatic rings. The Hall–Kier alpha value is -0.590. The molecule has 1 fully saturated rings. The van der Waals surface area contributed by atoms with Gasteiger partial charge < -0.3 is 4.98 Å². The molecule has 6 heteroatoms. The lowest BCUT2D eigenvalue weighted by molar-refractivity contribution is 0.958. The normalized spacial score (nSPS) is 14.7. The van der Waals surface area contributed by atoms with Crippen LogP contribution in [0.25, 0.3) is 11.4 Å². The third-order valence-electron chi connectivity index (χ3n) is 3.04. The molecule has 0 saturated heterocycles. The number of aromatic nitrogens is 2. The number of nitrogens with zero attached hydrogens (tertiary/aromatic N) is 1. The van der Waals surface area contributed by atoms with Crippen LogP contribution in [0.3, 0.4) is 0 Å². The molecule has 1 N–H and O–H groups in total. The molecule has 0 amide bonds. The van der Waals surface area contributed by atoms with E-state index in [9.17, 15) is 4.79 Å². The average Bonchev–Trinajstić information content (AvgIpc) is 3.20. The highest BCUT2D eigenvalue weighted by Gasteiger charge is 2.29. The molecule has 0 spiro atoms. The van der Waals surface area contributed by atoms with Crippen LogP contribution in [0.2, 0.25) is 10.0 Å². The Morgan fingerprint density at radius 3 is 2.74 bits per heavy atom. The maximum Gasteiger partial charge on any atom is 0.264 e. The van der Waals surface area contributed by atoms with Crippen molar-refractivity contribution in [2.24, 2.45) is 0 Å². The van der Waals surface area contributed by atoms with Gasteiger partial charge >= 0.3 is 0 Å². The summed E-state index contributed by atoms with van der Waals surface area (Å²) in [5.74, 6) is 0.894. The maximum absolute atomic E-state index is 12.0. The van der Waals surface area contributed by atoms with Crippen molar-refractivity contribution < 1.29 is 0 Å². The van der Waals surface area contributed by atoms with Crippen LogP contribution in [0.5, 0.6) is 0 Å². The summed E-state index contributed by atoms with van der Waals surface area (Å²) in [6.07, 6.45) is 2.18. The first-order valence-electron chi connectivity index (χ1n) is 5.81. The minimum atomic E-state index is -0.122. The Morgan fingerprint density at radius 2 is 2.05 bits per heavy atom. The second kappa shape index (κ2) is 5.07. The van der Waals surface area contributed by atoms with Crippen molar-refractivity contribution in [2.75, 3.05) is 0 Å². The molecule has 3 rings (SSSR count). The fourth-order valence-electron chi connectivity index (χ4n) is 1.91. The largest absolute Gasteiger partial charge is 0.306 e. The van der Waals surface area contributed by atoms with Crippen LogP contribution < -0.4 is 5.56 Å². The fourth-order valence-corrected chi connectivity index (χ4v) is 2.99. The Bertz CT molecular complexity index is 710. The first-order valence-corrected chi connectivity index (χ1v) is 7.65. The third-order valence-corrected chi connectivity index (χ3v) is 4.64. The molecule has 1 aromatic carbocycles. The number of rotatable bonds is 2. The monoisotopic (exact) mass is 406 g/mol. The number of benzene rings is 1. The van der Waals surface area contributed by atoms with Crippen molar-refractivity contribution in [2.45, 2.75) is 18.8 Å². The number of hydrogen-bond acceptors (Lipinski definition) is 2. The van der Waals surface area contributed by atoms with E-state index in [1.54, 1.807) is 18.2 Å². The van der Waals surface area contributed by atoms with E-state index in [0.29, 0.717) is 30.9 Å². The maximum atomic E-state index is 12.0. The molecule has 1 saturated carbocycles. The summed E-state index contributed by atoms with van der Waals surface area (Å²) in [5, 5.41) is 1.09. The van der Waals surface area contributed by atoms with Crippen LogP contribution in [0.15, 0.2) is 23.0 Å². The van der Waals surface area contributed by atoms with Gasteiger partial charge in [-0.05, 0) is 53.6 Å². The zero-order chi connectivity index (χ0) is 13.6. The summed E-state index contributed by atoms with van der Waals surface area (Å²) in [7, 11) is 0. The van der Waals surface area contributed by atoms with Gasteiger partial charge in [-0.1, -0.05) is 23.2 Å². The van der Waals surface area contributed by atoms with Gasteiger partial charge in [-0.2, -0.15) is 0 Å². The second-order valence-corrected chi connectivity index (χ2v) is 6.43. The standard InChI is InChI=1S/C13H9Cl2IN2O/c14-7-3-4-9(15)8(5-7)12-17-11(6-1-2-6)10(16)13(19)18-12/h3-6H,1-2H2,(H,17,18,19). The smallest absolute Gasteiger partial charge is 0.264 e. The Balaban J connectivity index is 2.20. The van der Waals surface area contributed by atoms with E-state index in [1.165, 1.54) is 0 Å². The molecule has 1 aliphatic carbocycles. The van der Waals surface area contributed by atoms with Crippen LogP contribution in [0.1, 0.15) is 24.5 Å². The van der Waals surface area contributed by atoms with Gasteiger partial charge in [0, 0.05) is 16.5 Å². The molecule has 0 atom stereocenters. The fraction of sp³-hybridized carbons (Fsp3) is 0.231. The molecule has 3 nitrogen and oxygen atoms in total. The predicted molar refractivity (Wildman–Crippen MR) is 85.0 cm³/mol. The van der Waals surface area contributed by atoms with Crippen molar-refractivity contribution in [3.8, 4) is 11.4 Å². The molecule has 19 heavy (non-hydrogen) atoms. The summed E-state index contributed by atoms with van der Waals surface area (Å²) in [6.45, 7) is 0. The summed E-state index contributed by atoms with van der Waals surface area (Å²) in [6, 6.07) is 5.12. The van der Waals surface area contributed by atoms with Crippen LogP contribution >= 0.6 is 45.8 Å². The molecule has 0 aliphatic heterocycles. The van der Waals surface area contributed by atoms with E-state index in [1.807, 2.05) is 22.6 Å². The molecule has 0 unspecified atom stereocenters. The van der Waals surface area contributed by atoms with Crippen LogP contribution in [0.4, 0.5) is 0 Å². The number of H-pyrrole nitrogens is 1. The zero-order valence-electron chi connectivity index (χ0n) is 9.71. The van der Waals surface area contributed by atoms with Gasteiger partial charge in [-0.15, -0.1) is 0 Å². The summed E-state index contributed by atoms with van der Waals surface area (Å²) < 4.78 is 0.669. The molecule has 98 valence electrons. The van der Waals surface area contributed by atoms with E-state index in [4.69, 9.17) is 23.2 Å². The Labute approximate surface area is 133 Å². The van der Waals surface area contributed by atoms with Crippen LogP contribution in [-0.2, 0) is 0 Å². The van der Waals surface area contributed by atoms with E-state index < -0.39 is 0 Å². The van der Waals surface area contributed by atoms with Crippen molar-refractivity contribution >= 4 is 45.8 Å². The lowest BCUT2D eigenvalue weighted by Gasteiger charge is -2.07. The number of halogens is 3. The minimum absolute atomic E-state index is 0.122. The van der Waals surface area contributed by atoms with Crippen molar-refractivity contribution in [3.63, 3.8) is 0 Å². The van der Waals surface area contributed by atoms with E-state index in [-0.39, 0.29) is 5.56 Å². The lowest BCUT2D eigenvalue weighted by atomic mass is 10.2. The molecule has 0 bridgehead atoms. The van der Waals surface area contributed by atoms with Crippen molar-refractivity contribution in [1.82, 2.24) is 9.97 Å². The Morgan fingerprint density at radius 1 is 1.32 bits per heavy atom. The van der Waals surface area contributed by atoms with Gasteiger partial charge in [-0.25, -0.2) is 4.98 Å². The van der Waals surface area contributed by atoms with Gasteiger partial charge in [0.25, 0.3) is 5.56 Å². The second-order valence-electron chi connectivity index (χ2n) is 4.51. The van der Waals surface area contributed by atoms with Gasteiger partial charge in [0.15, 0.2) is 0 Å². The highest BCUT2D eigenvalue weighted by Crippen LogP contribution is 2.41. The average molecular weight is 407 g/mol. The van der Waals surface area contributed by atoms with Gasteiger partial charge in [0.05, 0.1) is 14.3 Å². The third kappa shape index (κ3) is 2.66. The summed E-state index contributed by atoms with van der Waals surface area (Å²) >= 11 is 14.2. The molecule has 2 aromatic rings. The summed E-state index contributed by atoms with van der Waals surface area (Å²) in [4.78, 5) is 19.3. The van der Waals surface area contributed by atoms with Crippen LogP contribution in [0, 0.1) is 3.57 Å². The van der Waals surface area contributed by atoms with E-state index in [2.05, 4.69) is 9.97 Å². The molecule has 1 heterocycles. The van der Waals surface area contributed by atoms with E-state index in [0.717, 1.165) is 18.5 Å². The quantitative estimate of drug-likeness (QED) is 0.758. The molecule has 0 radical (unpaired) electrons. The first-order chi connectivity index (χ1) is 9.06. The molecular formula is C13H9Cl2IN2O. The highest BCUT2D eigenvalue weighted by molar-refractivity contribution is 14.1. The number of hydrogen-bond donors (Lipinski definition) is 1. The predicted octanol–water partition coefficient (Wildman–Crippen LogP) is 4.23. The van der Waals surface area contributed by atoms with E-state index >= 15 is 0 Å². The minimum Gasteiger partial charge on any atom is -0.306 e. The Kier molecular flexibility index (Phi) is 3.57. The van der Waals surface area contributed by atoms with Crippen molar-refractivity contribution in [3.05, 3.63) is 47.9 Å². The van der Waals surface area contributed by atoms with Gasteiger partial charge in [0.1, 0.15) is 5.82 Å². The molecular weight excluding hydrogens is 398 g/mol. The molecule has 1 aromatic heterocycles.